The van der Waals surface area contributed by atoms with Crippen molar-refractivity contribution in [2.75, 3.05) is 0 Å². The second-order valence-corrected chi connectivity index (χ2v) is 2.56. The molecule has 0 spiro atoms. The first-order valence-corrected chi connectivity index (χ1v) is 4.22. The molecule has 1 aromatic rings. The van der Waals surface area contributed by atoms with Gasteiger partial charge in [0.2, 0.25) is 0 Å². The summed E-state index contributed by atoms with van der Waals surface area (Å²) >= 11 is 0. The largest absolute Gasteiger partial charge is 0.0978 e. The topological polar surface area (TPSA) is 0 Å². The molecule has 0 aliphatic heterocycles. The van der Waals surface area contributed by atoms with E-state index in [2.05, 4.69) is 18.4 Å². The van der Waals surface area contributed by atoms with Crippen molar-refractivity contribution in [3.8, 4) is 11.8 Å². The van der Waals surface area contributed by atoms with Gasteiger partial charge < -0.3 is 0 Å². The van der Waals surface area contributed by atoms with Crippen LogP contribution >= 0.6 is 0 Å². The third-order valence-corrected chi connectivity index (χ3v) is 1.66. The molecule has 0 nitrogen and oxygen atoms in total. The molecule has 0 unspecified atom stereocenters. The van der Waals surface area contributed by atoms with E-state index in [-0.39, 0.29) is 0 Å². The molecule has 0 aromatic heterocycles. The maximum absolute atomic E-state index is 3.67. The quantitative estimate of drug-likeness (QED) is 0.446. The van der Waals surface area contributed by atoms with Crippen LogP contribution in [0.5, 0.6) is 0 Å². The maximum Gasteiger partial charge on any atom is 0.0249 e. The molecule has 0 aliphatic rings. The van der Waals surface area contributed by atoms with Crippen molar-refractivity contribution in [3.05, 3.63) is 60.2 Å². The van der Waals surface area contributed by atoms with E-state index in [9.17, 15) is 0 Å². The zero-order valence-electron chi connectivity index (χ0n) is 7.75. The van der Waals surface area contributed by atoms with E-state index in [1.165, 1.54) is 0 Å². The van der Waals surface area contributed by atoms with Gasteiger partial charge in [-0.15, -0.1) is 0 Å². The van der Waals surface area contributed by atoms with Crippen molar-refractivity contribution in [2.45, 2.75) is 6.92 Å². The molecule has 0 amide bonds. The maximum atomic E-state index is 3.67. The van der Waals surface area contributed by atoms with Gasteiger partial charge in [-0.25, -0.2) is 0 Å². The average molecular weight is 168 g/mol. The summed E-state index contributed by atoms with van der Waals surface area (Å²) < 4.78 is 0. The molecule has 0 atom stereocenters. The summed E-state index contributed by atoms with van der Waals surface area (Å²) in [4.78, 5) is 0. The molecule has 0 heteroatoms. The lowest BCUT2D eigenvalue weighted by molar-refractivity contribution is 1.63. The highest BCUT2D eigenvalue weighted by atomic mass is 13.9. The van der Waals surface area contributed by atoms with E-state index >= 15 is 0 Å². The first-order chi connectivity index (χ1) is 6.36. The molecule has 0 saturated carbocycles. The Kier molecular flexibility index (Phi) is 3.60. The Balaban J connectivity index is 2.84. The standard InChI is InChI=1S/C13H12/c1-3-12(4-2)10-11-13-8-6-5-7-9-13/h3-9H,1H2,2H3/b12-4+. The number of hydrogen-bond donors (Lipinski definition) is 0. The normalized spacial score (nSPS) is 10.1. The highest BCUT2D eigenvalue weighted by Crippen LogP contribution is 1.97. The predicted octanol–water partition coefficient (Wildman–Crippen LogP) is 3.17. The molecule has 0 saturated heterocycles. The summed E-state index contributed by atoms with van der Waals surface area (Å²) in [6, 6.07) is 9.92. The minimum Gasteiger partial charge on any atom is -0.0978 e. The Morgan fingerprint density at radius 2 is 2.00 bits per heavy atom. The minimum absolute atomic E-state index is 0.962. The second-order valence-electron chi connectivity index (χ2n) is 2.56. The molecular weight excluding hydrogens is 156 g/mol. The number of hydrogen-bond acceptors (Lipinski definition) is 0. The average Bonchev–Trinajstić information content (AvgIpc) is 2.21. The van der Waals surface area contributed by atoms with Crippen LogP contribution in [0.15, 0.2) is 54.6 Å². The molecule has 1 aromatic carbocycles. The van der Waals surface area contributed by atoms with Gasteiger partial charge in [0, 0.05) is 11.1 Å². The van der Waals surface area contributed by atoms with Gasteiger partial charge in [0.1, 0.15) is 0 Å². The molecule has 0 fully saturated rings. The summed E-state index contributed by atoms with van der Waals surface area (Å²) in [6.45, 7) is 5.63. The Morgan fingerprint density at radius 1 is 1.31 bits per heavy atom. The van der Waals surface area contributed by atoms with Crippen LogP contribution in [0, 0.1) is 11.8 Å². The van der Waals surface area contributed by atoms with E-state index in [1.54, 1.807) is 6.08 Å². The first-order valence-electron chi connectivity index (χ1n) is 4.22. The first kappa shape index (κ1) is 9.35. The highest BCUT2D eigenvalue weighted by molar-refractivity contribution is 5.43. The summed E-state index contributed by atoms with van der Waals surface area (Å²) in [7, 11) is 0. The van der Waals surface area contributed by atoms with Crippen LogP contribution in [0.4, 0.5) is 0 Å². The Bertz CT molecular complexity index is 358. The van der Waals surface area contributed by atoms with Crippen molar-refractivity contribution in [3.63, 3.8) is 0 Å². The van der Waals surface area contributed by atoms with Gasteiger partial charge in [-0.2, -0.15) is 0 Å². The smallest absolute Gasteiger partial charge is 0.0249 e. The fraction of sp³-hybridized carbons (Fsp3) is 0.0769. The number of benzene rings is 1. The summed E-state index contributed by atoms with van der Waals surface area (Å²) in [5.74, 6) is 6.09. The Morgan fingerprint density at radius 3 is 2.54 bits per heavy atom. The Hall–Kier alpha value is -1.74. The SMILES string of the molecule is C=C/C(C#Cc1ccccc1)=C\C. The monoisotopic (exact) mass is 168 g/mol. The van der Waals surface area contributed by atoms with Gasteiger partial charge in [0.05, 0.1) is 0 Å². The second kappa shape index (κ2) is 5.00. The van der Waals surface area contributed by atoms with Crippen molar-refractivity contribution in [2.24, 2.45) is 0 Å². The molecule has 64 valence electrons. The van der Waals surface area contributed by atoms with Crippen molar-refractivity contribution in [1.82, 2.24) is 0 Å². The number of allylic oxidation sites excluding steroid dienone is 3. The lowest BCUT2D eigenvalue weighted by atomic mass is 10.2. The van der Waals surface area contributed by atoms with Crippen LogP contribution in [0.25, 0.3) is 0 Å². The van der Waals surface area contributed by atoms with Gasteiger partial charge in [-0.05, 0) is 19.1 Å². The molecular formula is C13H12. The van der Waals surface area contributed by atoms with E-state index in [4.69, 9.17) is 0 Å². The van der Waals surface area contributed by atoms with Crippen LogP contribution < -0.4 is 0 Å². The third kappa shape index (κ3) is 3.01. The summed E-state index contributed by atoms with van der Waals surface area (Å²) in [6.07, 6.45) is 3.71. The van der Waals surface area contributed by atoms with Crippen molar-refractivity contribution < 1.29 is 0 Å². The van der Waals surface area contributed by atoms with E-state index in [0.29, 0.717) is 0 Å². The summed E-state index contributed by atoms with van der Waals surface area (Å²) in [5.41, 5.74) is 1.99. The molecule has 13 heavy (non-hydrogen) atoms. The molecule has 0 radical (unpaired) electrons. The van der Waals surface area contributed by atoms with Crippen molar-refractivity contribution >= 4 is 0 Å². The minimum atomic E-state index is 0.962. The lowest BCUT2D eigenvalue weighted by Gasteiger charge is -1.87. The van der Waals surface area contributed by atoms with Crippen LogP contribution in [0.2, 0.25) is 0 Å². The number of rotatable bonds is 1. The van der Waals surface area contributed by atoms with Crippen molar-refractivity contribution in [1.29, 1.82) is 0 Å². The van der Waals surface area contributed by atoms with Gasteiger partial charge in [-0.3, -0.25) is 0 Å². The Labute approximate surface area is 79.6 Å². The van der Waals surface area contributed by atoms with Crippen LogP contribution in [-0.2, 0) is 0 Å². The molecule has 0 bridgehead atoms. The summed E-state index contributed by atoms with van der Waals surface area (Å²) in [5, 5.41) is 0. The highest BCUT2D eigenvalue weighted by Gasteiger charge is 1.82. The third-order valence-electron chi connectivity index (χ3n) is 1.66. The van der Waals surface area contributed by atoms with E-state index in [1.807, 2.05) is 43.3 Å². The fourth-order valence-corrected chi connectivity index (χ4v) is 0.907. The van der Waals surface area contributed by atoms with E-state index < -0.39 is 0 Å². The van der Waals surface area contributed by atoms with Gasteiger partial charge in [-0.1, -0.05) is 48.8 Å². The van der Waals surface area contributed by atoms with Crippen LogP contribution in [-0.4, -0.2) is 0 Å². The van der Waals surface area contributed by atoms with Gasteiger partial charge >= 0.3 is 0 Å². The van der Waals surface area contributed by atoms with Crippen LogP contribution in [0.1, 0.15) is 12.5 Å². The van der Waals surface area contributed by atoms with Gasteiger partial charge in [0.15, 0.2) is 0 Å². The zero-order valence-corrected chi connectivity index (χ0v) is 7.75. The van der Waals surface area contributed by atoms with E-state index in [0.717, 1.165) is 11.1 Å². The predicted molar refractivity (Wildman–Crippen MR) is 57.3 cm³/mol. The molecule has 1 rings (SSSR count). The zero-order chi connectivity index (χ0) is 9.52. The van der Waals surface area contributed by atoms with Gasteiger partial charge in [0.25, 0.3) is 0 Å². The fourth-order valence-electron chi connectivity index (χ4n) is 0.907. The molecule has 0 aliphatic carbocycles. The van der Waals surface area contributed by atoms with Crippen LogP contribution in [0.3, 0.4) is 0 Å². The molecule has 0 N–H and O–H groups in total. The lowest BCUT2D eigenvalue weighted by Crippen LogP contribution is -1.72. The molecule has 0 heterocycles.